The van der Waals surface area contributed by atoms with Gasteiger partial charge in [0.15, 0.2) is 22.6 Å². The third kappa shape index (κ3) is 4.53. The molecule has 3 aromatic rings. The second-order valence-corrected chi connectivity index (χ2v) is 8.62. The summed E-state index contributed by atoms with van der Waals surface area (Å²) in [6.45, 7) is 0. The zero-order chi connectivity index (χ0) is 30.4. The van der Waals surface area contributed by atoms with Crippen LogP contribution < -0.4 is 20.1 Å². The monoisotopic (exact) mass is 576 g/mol. The van der Waals surface area contributed by atoms with Crippen molar-refractivity contribution < 1.29 is 35.8 Å². The van der Waals surface area contributed by atoms with E-state index in [-0.39, 0.29) is 56.9 Å². The first-order chi connectivity index (χ1) is 19.9. The number of nitriles is 4. The fourth-order valence-corrected chi connectivity index (χ4v) is 4.31. The lowest BCUT2D eigenvalue weighted by Gasteiger charge is -2.17. The molecule has 0 amide bonds. The summed E-state index contributed by atoms with van der Waals surface area (Å²) in [7, 11) is 0. The molecule has 42 heavy (non-hydrogen) atoms. The Morgan fingerprint density at radius 1 is 0.548 bits per heavy atom. The number of halogens is 6. The Morgan fingerprint density at radius 2 is 0.857 bits per heavy atom. The molecule has 206 valence electrons. The summed E-state index contributed by atoms with van der Waals surface area (Å²) in [5.41, 5.74) is -2.58. The third-order valence-corrected chi connectivity index (χ3v) is 6.20. The van der Waals surface area contributed by atoms with Gasteiger partial charge in [-0.1, -0.05) is 24.3 Å². The summed E-state index contributed by atoms with van der Waals surface area (Å²) in [4.78, 5) is 0. The number of hydrogen-bond donors (Lipinski definition) is 2. The van der Waals surface area contributed by atoms with E-state index in [0.29, 0.717) is 0 Å². The first-order valence-corrected chi connectivity index (χ1v) is 11.5. The van der Waals surface area contributed by atoms with Gasteiger partial charge in [-0.3, -0.25) is 0 Å². The van der Waals surface area contributed by atoms with Crippen molar-refractivity contribution in [2.45, 2.75) is 12.4 Å². The van der Waals surface area contributed by atoms with E-state index in [2.05, 4.69) is 10.6 Å². The smallest absolute Gasteiger partial charge is 0.416 e. The normalized spacial score (nSPS) is 13.1. The molecule has 14 heteroatoms. The summed E-state index contributed by atoms with van der Waals surface area (Å²) < 4.78 is 91.3. The van der Waals surface area contributed by atoms with Gasteiger partial charge in [-0.15, -0.1) is 0 Å². The highest BCUT2D eigenvalue weighted by Gasteiger charge is 2.39. The van der Waals surface area contributed by atoms with Gasteiger partial charge in [0.2, 0.25) is 11.8 Å². The number of benzene rings is 3. The number of nitrogens with one attached hydrogen (secondary N) is 2. The van der Waals surface area contributed by atoms with Crippen molar-refractivity contribution in [1.82, 2.24) is 0 Å². The summed E-state index contributed by atoms with van der Waals surface area (Å²) >= 11 is 0. The van der Waals surface area contributed by atoms with Crippen LogP contribution in [0.1, 0.15) is 11.1 Å². The number of nitrogens with zero attached hydrogens (tertiary/aromatic N) is 4. The second kappa shape index (κ2) is 9.81. The number of alkyl halides is 6. The maximum atomic E-state index is 13.3. The minimum atomic E-state index is -4.65. The zero-order valence-corrected chi connectivity index (χ0v) is 20.5. The number of anilines is 2. The molecule has 2 heterocycles. The van der Waals surface area contributed by atoms with Gasteiger partial charge in [0.05, 0.1) is 33.6 Å². The van der Waals surface area contributed by atoms with Crippen LogP contribution in [-0.2, 0) is 12.4 Å². The number of ether oxygens (including phenoxy) is 2. The Labute approximate surface area is 232 Å². The Balaban J connectivity index is 1.85. The van der Waals surface area contributed by atoms with Crippen molar-refractivity contribution in [2.24, 2.45) is 0 Å². The van der Waals surface area contributed by atoms with Crippen LogP contribution in [-0.4, -0.2) is 0 Å². The summed E-state index contributed by atoms with van der Waals surface area (Å²) in [5, 5.41) is 43.1. The molecule has 0 fully saturated rings. The van der Waals surface area contributed by atoms with Gasteiger partial charge < -0.3 is 20.1 Å². The van der Waals surface area contributed by atoms with Crippen molar-refractivity contribution in [2.75, 3.05) is 10.6 Å². The Hall–Kier alpha value is -6.12. The van der Waals surface area contributed by atoms with Crippen LogP contribution in [0.4, 0.5) is 37.7 Å². The maximum absolute atomic E-state index is 13.3. The Morgan fingerprint density at radius 3 is 1.12 bits per heavy atom. The third-order valence-electron chi connectivity index (χ3n) is 6.20. The van der Waals surface area contributed by atoms with Gasteiger partial charge in [-0.2, -0.15) is 47.4 Å². The molecule has 0 saturated heterocycles. The van der Waals surface area contributed by atoms with Crippen molar-refractivity contribution in [3.63, 3.8) is 0 Å². The average Bonchev–Trinajstić information content (AvgIpc) is 3.57. The first-order valence-electron chi connectivity index (χ1n) is 11.5. The molecule has 0 bridgehead atoms. The van der Waals surface area contributed by atoms with Gasteiger partial charge in [0.1, 0.15) is 24.3 Å². The predicted molar refractivity (Wildman–Crippen MR) is 132 cm³/mol. The van der Waals surface area contributed by atoms with Gasteiger partial charge in [-0.25, -0.2) is 0 Å². The zero-order valence-electron chi connectivity index (χ0n) is 20.5. The van der Waals surface area contributed by atoms with Crippen LogP contribution in [0, 0.1) is 45.3 Å². The maximum Gasteiger partial charge on any atom is 0.416 e. The SMILES string of the molecule is N#CC(C#N)=C1Nc2c(c(-c3ccc(C(F)(F)F)cc3)c3c(c2-c2ccc(C(F)(F)F)cc2)OC(=C(C#N)C#N)N3)O1. The van der Waals surface area contributed by atoms with Gasteiger partial charge >= 0.3 is 12.4 Å². The number of hydrogen-bond acceptors (Lipinski definition) is 8. The molecule has 0 spiro atoms. The lowest BCUT2D eigenvalue weighted by molar-refractivity contribution is -0.138. The molecule has 0 unspecified atom stereocenters. The van der Waals surface area contributed by atoms with E-state index in [0.717, 1.165) is 48.5 Å². The standard InChI is InChI=1S/C28H10F6N6O2/c29-27(30,31)17-5-1-13(2-6-17)19-21-24(42-25(39-21)15(9-35)10-36)20(14-3-7-18(8-4-14)28(32,33)34)22-23(19)41-26(40-22)16(11-37)12-38/h1-8,39-40H. The molecule has 0 radical (unpaired) electrons. The number of allylic oxidation sites excluding steroid dienone is 2. The topological polar surface area (TPSA) is 138 Å². The minimum Gasteiger partial charge on any atom is -0.436 e. The van der Waals surface area contributed by atoms with Crippen LogP contribution in [0.3, 0.4) is 0 Å². The van der Waals surface area contributed by atoms with Crippen LogP contribution in [0.25, 0.3) is 22.3 Å². The molecule has 2 aliphatic rings. The van der Waals surface area contributed by atoms with Gasteiger partial charge in [0.25, 0.3) is 0 Å². The first kappa shape index (κ1) is 27.4. The summed E-state index contributed by atoms with van der Waals surface area (Å²) in [6, 6.07) is 14.3. The molecule has 3 aromatic carbocycles. The van der Waals surface area contributed by atoms with Crippen molar-refractivity contribution >= 4 is 11.4 Å². The lowest BCUT2D eigenvalue weighted by Crippen LogP contribution is -2.04. The van der Waals surface area contributed by atoms with Crippen LogP contribution >= 0.6 is 0 Å². The summed E-state index contributed by atoms with van der Waals surface area (Å²) in [6.07, 6.45) is -9.30. The van der Waals surface area contributed by atoms with Gasteiger partial charge in [-0.05, 0) is 35.4 Å². The fourth-order valence-electron chi connectivity index (χ4n) is 4.31. The highest BCUT2D eigenvalue weighted by molar-refractivity contribution is 6.05. The highest BCUT2D eigenvalue weighted by atomic mass is 19.4. The molecule has 2 aliphatic heterocycles. The summed E-state index contributed by atoms with van der Waals surface area (Å²) in [5.74, 6) is -0.917. The minimum absolute atomic E-state index is 0.0000723. The van der Waals surface area contributed by atoms with Crippen LogP contribution in [0.5, 0.6) is 11.5 Å². The quantitative estimate of drug-likeness (QED) is 0.242. The van der Waals surface area contributed by atoms with E-state index in [9.17, 15) is 47.4 Å². The van der Waals surface area contributed by atoms with E-state index in [4.69, 9.17) is 9.47 Å². The molecule has 2 N–H and O–H groups in total. The largest absolute Gasteiger partial charge is 0.436 e. The van der Waals surface area contributed by atoms with Crippen molar-refractivity contribution in [1.29, 1.82) is 21.0 Å². The average molecular weight is 576 g/mol. The van der Waals surface area contributed by atoms with Crippen molar-refractivity contribution in [3.05, 3.63) is 82.6 Å². The Kier molecular flexibility index (Phi) is 6.41. The molecule has 5 rings (SSSR count). The van der Waals surface area contributed by atoms with Crippen molar-refractivity contribution in [3.8, 4) is 58.0 Å². The predicted octanol–water partition coefficient (Wildman–Crippen LogP) is 7.18. The molecular weight excluding hydrogens is 566 g/mol. The molecular formula is C28H10F6N6O2. The van der Waals surface area contributed by atoms with E-state index in [1.165, 1.54) is 0 Å². The fraction of sp³-hybridized carbons (Fsp3) is 0.0714. The van der Waals surface area contributed by atoms with E-state index in [1.807, 2.05) is 0 Å². The van der Waals surface area contributed by atoms with Crippen LogP contribution in [0.15, 0.2) is 71.4 Å². The molecule has 8 nitrogen and oxygen atoms in total. The highest BCUT2D eigenvalue weighted by Crippen LogP contribution is 2.60. The van der Waals surface area contributed by atoms with E-state index in [1.54, 1.807) is 24.3 Å². The molecule has 0 saturated carbocycles. The number of rotatable bonds is 2. The molecule has 0 aromatic heterocycles. The molecule has 0 atom stereocenters. The van der Waals surface area contributed by atoms with Crippen LogP contribution in [0.2, 0.25) is 0 Å². The number of fused-ring (bicyclic) bond motifs is 2. The van der Waals surface area contributed by atoms with E-state index < -0.39 is 34.6 Å². The lowest BCUT2D eigenvalue weighted by atomic mass is 9.93. The van der Waals surface area contributed by atoms with Gasteiger partial charge in [0, 0.05) is 0 Å². The van der Waals surface area contributed by atoms with E-state index >= 15 is 0 Å². The second-order valence-electron chi connectivity index (χ2n) is 8.62. The Bertz CT molecular complexity index is 1670. The molecule has 0 aliphatic carbocycles.